The highest BCUT2D eigenvalue weighted by atomic mass is 16.2. The smallest absolute Gasteiger partial charge is 0.243 e. The SMILES string of the molecule is CCC(=O)CCC(CCC(C)(C=O)NC(=O)[C@@H](NC(=O)[C@@H](N)Cc1c[nH]c2ccccc12)[C@@H](C)CC)C1(C)CCCCN1. The number of piperidine rings is 1. The van der Waals surface area contributed by atoms with Gasteiger partial charge in [0, 0.05) is 35.5 Å². The first-order chi connectivity index (χ1) is 20.4. The standard InChI is InChI=1S/C34H53N5O4/c1-6-23(3)30(38-31(42)28(35)20-24-21-36-29-13-9-8-12-27(24)29)32(43)39-33(4,22-40)18-16-25(14-15-26(41)7-2)34(5)17-10-11-19-37-34/h8-9,12-13,21-23,25,28,30,36-37H,6-7,10-11,14-20,35H2,1-5H3,(H,38,42)(H,39,43)/t23-,25?,28-,30-,33?,34?/m0/s1. The monoisotopic (exact) mass is 595 g/mol. The van der Waals surface area contributed by atoms with Gasteiger partial charge in [0.25, 0.3) is 0 Å². The summed E-state index contributed by atoms with van der Waals surface area (Å²) >= 11 is 0. The molecule has 3 rings (SSSR count). The van der Waals surface area contributed by atoms with Crippen LogP contribution in [0.5, 0.6) is 0 Å². The van der Waals surface area contributed by atoms with Crippen LogP contribution in [0.4, 0.5) is 0 Å². The topological polar surface area (TPSA) is 146 Å². The minimum absolute atomic E-state index is 0.117. The van der Waals surface area contributed by atoms with Gasteiger partial charge in [-0.2, -0.15) is 0 Å². The van der Waals surface area contributed by atoms with Gasteiger partial charge in [0.15, 0.2) is 0 Å². The van der Waals surface area contributed by atoms with Crippen LogP contribution < -0.4 is 21.7 Å². The molecule has 1 saturated heterocycles. The average molecular weight is 596 g/mol. The number of aldehydes is 1. The van der Waals surface area contributed by atoms with E-state index in [0.717, 1.165) is 55.0 Å². The number of hydrogen-bond donors (Lipinski definition) is 5. The predicted octanol–water partition coefficient (Wildman–Crippen LogP) is 4.33. The number of H-pyrrole nitrogens is 1. The Bertz CT molecular complexity index is 1240. The second kappa shape index (κ2) is 15.6. The van der Waals surface area contributed by atoms with Crippen LogP contribution in [0.1, 0.15) is 98.0 Å². The van der Waals surface area contributed by atoms with Crippen LogP contribution in [-0.4, -0.2) is 58.6 Å². The number of rotatable bonds is 17. The first-order valence-electron chi connectivity index (χ1n) is 16.1. The van der Waals surface area contributed by atoms with Crippen molar-refractivity contribution >= 4 is 34.8 Å². The van der Waals surface area contributed by atoms with E-state index >= 15 is 0 Å². The molecule has 43 heavy (non-hydrogen) atoms. The number of carbonyl (C=O) groups excluding carboxylic acids is 4. The highest BCUT2D eigenvalue weighted by molar-refractivity contribution is 5.92. The fourth-order valence-electron chi connectivity index (χ4n) is 6.30. The summed E-state index contributed by atoms with van der Waals surface area (Å²) in [5, 5.41) is 10.5. The van der Waals surface area contributed by atoms with E-state index in [4.69, 9.17) is 5.73 Å². The summed E-state index contributed by atoms with van der Waals surface area (Å²) in [6.07, 6.45) is 9.83. The third kappa shape index (κ3) is 9.22. The molecule has 1 aliphatic heterocycles. The van der Waals surface area contributed by atoms with Crippen molar-refractivity contribution in [1.29, 1.82) is 0 Å². The molecule has 1 aromatic heterocycles. The largest absolute Gasteiger partial charge is 0.361 e. The van der Waals surface area contributed by atoms with Crippen LogP contribution in [0.25, 0.3) is 10.9 Å². The lowest BCUT2D eigenvalue weighted by Gasteiger charge is -2.43. The molecule has 2 heterocycles. The molecule has 238 valence electrons. The molecular weight excluding hydrogens is 542 g/mol. The maximum Gasteiger partial charge on any atom is 0.243 e. The maximum atomic E-state index is 13.6. The lowest BCUT2D eigenvalue weighted by molar-refractivity contribution is -0.133. The summed E-state index contributed by atoms with van der Waals surface area (Å²) in [7, 11) is 0. The Labute approximate surface area is 256 Å². The summed E-state index contributed by atoms with van der Waals surface area (Å²) in [6, 6.07) is 6.16. The van der Waals surface area contributed by atoms with Crippen LogP contribution in [0.3, 0.4) is 0 Å². The number of amides is 2. The quantitative estimate of drug-likeness (QED) is 0.172. The van der Waals surface area contributed by atoms with Crippen LogP contribution in [-0.2, 0) is 25.6 Å². The molecule has 3 unspecified atom stereocenters. The number of hydrogen-bond acceptors (Lipinski definition) is 6. The Morgan fingerprint density at radius 3 is 2.53 bits per heavy atom. The van der Waals surface area contributed by atoms with E-state index in [1.54, 1.807) is 6.92 Å². The molecule has 9 nitrogen and oxygen atoms in total. The summed E-state index contributed by atoms with van der Waals surface area (Å²) in [4.78, 5) is 54.7. The molecule has 9 heteroatoms. The molecule has 2 aromatic rings. The van der Waals surface area contributed by atoms with Gasteiger partial charge in [0.2, 0.25) is 11.8 Å². The lowest BCUT2D eigenvalue weighted by atomic mass is 9.73. The summed E-state index contributed by atoms with van der Waals surface area (Å²) in [5.74, 6) is -0.539. The third-order valence-electron chi connectivity index (χ3n) is 9.64. The minimum Gasteiger partial charge on any atom is -0.361 e. The molecule has 0 radical (unpaired) electrons. The van der Waals surface area contributed by atoms with Gasteiger partial charge in [-0.1, -0.05) is 51.8 Å². The van der Waals surface area contributed by atoms with Crippen LogP contribution in [0.15, 0.2) is 30.5 Å². The molecule has 0 bridgehead atoms. The number of para-hydroxylation sites is 1. The Balaban J connectivity index is 1.68. The summed E-state index contributed by atoms with van der Waals surface area (Å²) in [6.45, 7) is 10.7. The van der Waals surface area contributed by atoms with E-state index in [1.807, 2.05) is 51.2 Å². The highest BCUT2D eigenvalue weighted by Crippen LogP contribution is 2.35. The molecule has 1 aliphatic rings. The molecule has 0 spiro atoms. The molecule has 0 saturated carbocycles. The van der Waals surface area contributed by atoms with Crippen LogP contribution in [0, 0.1) is 11.8 Å². The van der Waals surface area contributed by atoms with Crippen molar-refractivity contribution in [2.75, 3.05) is 6.54 Å². The van der Waals surface area contributed by atoms with Gasteiger partial charge >= 0.3 is 0 Å². The molecule has 2 amide bonds. The number of benzene rings is 1. The van der Waals surface area contributed by atoms with Gasteiger partial charge in [0.1, 0.15) is 18.1 Å². The summed E-state index contributed by atoms with van der Waals surface area (Å²) < 4.78 is 0. The molecule has 6 atom stereocenters. The van der Waals surface area contributed by atoms with Gasteiger partial charge in [-0.15, -0.1) is 0 Å². The Morgan fingerprint density at radius 2 is 1.88 bits per heavy atom. The molecule has 1 aromatic carbocycles. The number of aromatic amines is 1. The van der Waals surface area contributed by atoms with Crippen LogP contribution in [0.2, 0.25) is 0 Å². The normalized spacial score (nSPS) is 21.3. The predicted molar refractivity (Wildman–Crippen MR) is 171 cm³/mol. The molecular formula is C34H53N5O4. The number of nitrogens with one attached hydrogen (secondary N) is 4. The maximum absolute atomic E-state index is 13.6. The minimum atomic E-state index is -1.11. The second-order valence-electron chi connectivity index (χ2n) is 13.0. The van der Waals surface area contributed by atoms with Gasteiger partial charge in [-0.3, -0.25) is 14.4 Å². The van der Waals surface area contributed by atoms with Crippen LogP contribution >= 0.6 is 0 Å². The second-order valence-corrected chi connectivity index (χ2v) is 13.0. The zero-order valence-corrected chi connectivity index (χ0v) is 26.8. The van der Waals surface area contributed by atoms with E-state index < -0.39 is 29.4 Å². The Morgan fingerprint density at radius 1 is 1.14 bits per heavy atom. The number of aromatic nitrogens is 1. The van der Waals surface area contributed by atoms with E-state index in [0.29, 0.717) is 38.5 Å². The van der Waals surface area contributed by atoms with Crippen molar-refractivity contribution in [2.24, 2.45) is 17.6 Å². The van der Waals surface area contributed by atoms with Gasteiger partial charge in [-0.25, -0.2) is 0 Å². The molecule has 6 N–H and O–H groups in total. The number of ketones is 1. The van der Waals surface area contributed by atoms with Crippen molar-refractivity contribution < 1.29 is 19.2 Å². The van der Waals surface area contributed by atoms with Gasteiger partial charge in [-0.05, 0) is 82.4 Å². The number of carbonyl (C=O) groups is 4. The van der Waals surface area contributed by atoms with Crippen molar-refractivity contribution in [3.8, 4) is 0 Å². The van der Waals surface area contributed by atoms with E-state index in [9.17, 15) is 19.2 Å². The van der Waals surface area contributed by atoms with Crippen molar-refractivity contribution in [3.05, 3.63) is 36.0 Å². The first-order valence-corrected chi connectivity index (χ1v) is 16.1. The fourth-order valence-corrected chi connectivity index (χ4v) is 6.30. The Hall–Kier alpha value is -3.04. The van der Waals surface area contributed by atoms with Gasteiger partial charge < -0.3 is 31.5 Å². The summed E-state index contributed by atoms with van der Waals surface area (Å²) in [5.41, 5.74) is 7.01. The van der Waals surface area contributed by atoms with Crippen molar-refractivity contribution in [3.63, 3.8) is 0 Å². The van der Waals surface area contributed by atoms with E-state index in [1.165, 1.54) is 0 Å². The number of Topliss-reactive ketones (excluding diaryl/α,β-unsaturated/α-hetero) is 1. The lowest BCUT2D eigenvalue weighted by Crippen LogP contribution is -2.59. The molecule has 0 aliphatic carbocycles. The fraction of sp³-hybridized carbons (Fsp3) is 0.647. The number of nitrogens with two attached hydrogens (primary N) is 1. The Kier molecular flexibility index (Phi) is 12.5. The molecule has 1 fully saturated rings. The third-order valence-corrected chi connectivity index (χ3v) is 9.64. The first kappa shape index (κ1) is 34.5. The number of fused-ring (bicyclic) bond motifs is 1. The van der Waals surface area contributed by atoms with Crippen molar-refractivity contribution in [2.45, 2.75) is 122 Å². The zero-order valence-electron chi connectivity index (χ0n) is 26.8. The average Bonchev–Trinajstić information content (AvgIpc) is 3.41. The van der Waals surface area contributed by atoms with E-state index in [2.05, 4.69) is 27.9 Å². The highest BCUT2D eigenvalue weighted by Gasteiger charge is 2.38. The van der Waals surface area contributed by atoms with E-state index in [-0.39, 0.29) is 23.2 Å². The van der Waals surface area contributed by atoms with Crippen molar-refractivity contribution in [1.82, 2.24) is 20.9 Å². The van der Waals surface area contributed by atoms with Gasteiger partial charge in [0.05, 0.1) is 11.6 Å². The zero-order chi connectivity index (χ0) is 31.6.